The fourth-order valence-corrected chi connectivity index (χ4v) is 3.09. The molecule has 0 spiro atoms. The molecule has 1 heterocycles. The maximum atomic E-state index is 3.64. The van der Waals surface area contributed by atoms with E-state index in [0.29, 0.717) is 0 Å². The molecule has 2 heteroatoms. The SMILES string of the molecule is CC1CCC(N2CCNC(C(C)C)C2)C1. The smallest absolute Gasteiger partial charge is 0.0218 e. The summed E-state index contributed by atoms with van der Waals surface area (Å²) in [4.78, 5) is 2.74. The van der Waals surface area contributed by atoms with Gasteiger partial charge in [0.05, 0.1) is 0 Å². The van der Waals surface area contributed by atoms with E-state index >= 15 is 0 Å². The Morgan fingerprint density at radius 2 is 2.07 bits per heavy atom. The first-order valence-electron chi connectivity index (χ1n) is 6.64. The van der Waals surface area contributed by atoms with Gasteiger partial charge in [0.1, 0.15) is 0 Å². The first-order valence-corrected chi connectivity index (χ1v) is 6.64. The highest BCUT2D eigenvalue weighted by Crippen LogP contribution is 2.29. The summed E-state index contributed by atoms with van der Waals surface area (Å²) in [6, 6.07) is 1.61. The van der Waals surface area contributed by atoms with Gasteiger partial charge in [0, 0.05) is 31.7 Å². The highest BCUT2D eigenvalue weighted by Gasteiger charge is 2.30. The van der Waals surface area contributed by atoms with E-state index in [0.717, 1.165) is 23.9 Å². The van der Waals surface area contributed by atoms with Crippen LogP contribution in [0, 0.1) is 11.8 Å². The van der Waals surface area contributed by atoms with E-state index in [-0.39, 0.29) is 0 Å². The Labute approximate surface area is 94.4 Å². The van der Waals surface area contributed by atoms with Crippen molar-refractivity contribution in [2.45, 2.75) is 52.1 Å². The Morgan fingerprint density at radius 3 is 2.67 bits per heavy atom. The van der Waals surface area contributed by atoms with Gasteiger partial charge in [0.25, 0.3) is 0 Å². The zero-order chi connectivity index (χ0) is 10.8. The highest BCUT2D eigenvalue weighted by atomic mass is 15.2. The maximum absolute atomic E-state index is 3.64. The molecule has 0 amide bonds. The molecule has 0 aromatic carbocycles. The third-order valence-electron chi connectivity index (χ3n) is 4.23. The predicted molar refractivity (Wildman–Crippen MR) is 65.0 cm³/mol. The predicted octanol–water partition coefficient (Wildman–Crippen LogP) is 2.10. The van der Waals surface area contributed by atoms with E-state index in [1.165, 1.54) is 38.9 Å². The Bertz CT molecular complexity index is 203. The molecule has 1 aliphatic carbocycles. The van der Waals surface area contributed by atoms with Gasteiger partial charge >= 0.3 is 0 Å². The normalized spacial score (nSPS) is 38.8. The minimum absolute atomic E-state index is 0.717. The van der Waals surface area contributed by atoms with Gasteiger partial charge in [-0.2, -0.15) is 0 Å². The van der Waals surface area contributed by atoms with Crippen LogP contribution in [-0.4, -0.2) is 36.6 Å². The van der Waals surface area contributed by atoms with Crippen molar-refractivity contribution in [1.29, 1.82) is 0 Å². The maximum Gasteiger partial charge on any atom is 0.0218 e. The standard InChI is InChI=1S/C13H26N2/c1-10(2)13-9-15(7-6-14-13)12-5-4-11(3)8-12/h10-14H,4-9H2,1-3H3. The molecule has 0 radical (unpaired) electrons. The second-order valence-electron chi connectivity index (χ2n) is 5.87. The van der Waals surface area contributed by atoms with Crippen LogP contribution < -0.4 is 5.32 Å². The summed E-state index contributed by atoms with van der Waals surface area (Å²) in [7, 11) is 0. The van der Waals surface area contributed by atoms with Gasteiger partial charge in [-0.05, 0) is 31.1 Å². The van der Waals surface area contributed by atoms with Crippen molar-refractivity contribution in [2.75, 3.05) is 19.6 Å². The van der Waals surface area contributed by atoms with Crippen LogP contribution in [0.25, 0.3) is 0 Å². The fourth-order valence-electron chi connectivity index (χ4n) is 3.09. The summed E-state index contributed by atoms with van der Waals surface area (Å²) >= 11 is 0. The Kier molecular flexibility index (Phi) is 3.68. The molecule has 88 valence electrons. The van der Waals surface area contributed by atoms with Gasteiger partial charge in [-0.25, -0.2) is 0 Å². The first-order chi connectivity index (χ1) is 7.16. The van der Waals surface area contributed by atoms with Gasteiger partial charge in [-0.15, -0.1) is 0 Å². The van der Waals surface area contributed by atoms with Crippen LogP contribution in [0.3, 0.4) is 0 Å². The first kappa shape index (κ1) is 11.4. The van der Waals surface area contributed by atoms with E-state index in [2.05, 4.69) is 31.0 Å². The molecule has 1 saturated carbocycles. The number of piperazine rings is 1. The van der Waals surface area contributed by atoms with Crippen molar-refractivity contribution in [2.24, 2.45) is 11.8 Å². The van der Waals surface area contributed by atoms with Gasteiger partial charge in [0.2, 0.25) is 0 Å². The molecule has 2 fully saturated rings. The summed E-state index contributed by atoms with van der Waals surface area (Å²) in [5, 5.41) is 3.64. The number of rotatable bonds is 2. The lowest BCUT2D eigenvalue weighted by Gasteiger charge is -2.39. The molecule has 1 N–H and O–H groups in total. The van der Waals surface area contributed by atoms with Crippen molar-refractivity contribution in [3.05, 3.63) is 0 Å². The summed E-state index contributed by atoms with van der Waals surface area (Å²) in [5.74, 6) is 1.73. The fraction of sp³-hybridized carbons (Fsp3) is 1.00. The molecule has 15 heavy (non-hydrogen) atoms. The Hall–Kier alpha value is -0.0800. The van der Waals surface area contributed by atoms with Crippen molar-refractivity contribution in [1.82, 2.24) is 10.2 Å². The van der Waals surface area contributed by atoms with Crippen LogP contribution in [0.1, 0.15) is 40.0 Å². The molecule has 0 aromatic heterocycles. The summed E-state index contributed by atoms with van der Waals surface area (Å²) < 4.78 is 0. The van der Waals surface area contributed by atoms with Gasteiger partial charge < -0.3 is 5.32 Å². The van der Waals surface area contributed by atoms with E-state index in [1.54, 1.807) is 0 Å². The van der Waals surface area contributed by atoms with E-state index in [1.807, 2.05) is 0 Å². The molecule has 1 saturated heterocycles. The Balaban J connectivity index is 1.87. The van der Waals surface area contributed by atoms with Gasteiger partial charge in [0.15, 0.2) is 0 Å². The van der Waals surface area contributed by atoms with E-state index in [4.69, 9.17) is 0 Å². The van der Waals surface area contributed by atoms with Gasteiger partial charge in [-0.3, -0.25) is 4.90 Å². The average Bonchev–Trinajstić information content (AvgIpc) is 2.65. The number of hydrogen-bond acceptors (Lipinski definition) is 2. The van der Waals surface area contributed by atoms with Crippen LogP contribution in [0.4, 0.5) is 0 Å². The second-order valence-corrected chi connectivity index (χ2v) is 5.87. The van der Waals surface area contributed by atoms with E-state index < -0.39 is 0 Å². The zero-order valence-corrected chi connectivity index (χ0v) is 10.5. The molecule has 0 aromatic rings. The molecular weight excluding hydrogens is 184 g/mol. The van der Waals surface area contributed by atoms with E-state index in [9.17, 15) is 0 Å². The molecule has 0 bridgehead atoms. The van der Waals surface area contributed by atoms with Crippen LogP contribution in [0.2, 0.25) is 0 Å². The van der Waals surface area contributed by atoms with Crippen molar-refractivity contribution < 1.29 is 0 Å². The molecule has 1 aliphatic heterocycles. The topological polar surface area (TPSA) is 15.3 Å². The lowest BCUT2D eigenvalue weighted by atomic mass is 10.0. The number of nitrogens with one attached hydrogen (secondary N) is 1. The lowest BCUT2D eigenvalue weighted by molar-refractivity contribution is 0.126. The summed E-state index contributed by atoms with van der Waals surface area (Å²) in [6.45, 7) is 10.8. The molecular formula is C13H26N2. The highest BCUT2D eigenvalue weighted by molar-refractivity contribution is 4.88. The number of nitrogens with zero attached hydrogens (tertiary/aromatic N) is 1. The molecule has 2 rings (SSSR count). The van der Waals surface area contributed by atoms with Crippen molar-refractivity contribution in [3.8, 4) is 0 Å². The van der Waals surface area contributed by atoms with Crippen LogP contribution >= 0.6 is 0 Å². The second kappa shape index (κ2) is 4.84. The van der Waals surface area contributed by atoms with Crippen LogP contribution in [0.5, 0.6) is 0 Å². The minimum Gasteiger partial charge on any atom is -0.311 e. The molecule has 3 atom stereocenters. The monoisotopic (exact) mass is 210 g/mol. The minimum atomic E-state index is 0.717. The average molecular weight is 210 g/mol. The van der Waals surface area contributed by atoms with Crippen molar-refractivity contribution in [3.63, 3.8) is 0 Å². The van der Waals surface area contributed by atoms with Crippen LogP contribution in [0.15, 0.2) is 0 Å². The Morgan fingerprint density at radius 1 is 1.27 bits per heavy atom. The molecule has 2 aliphatic rings. The summed E-state index contributed by atoms with van der Waals surface area (Å²) in [6.07, 6.45) is 4.32. The molecule has 2 nitrogen and oxygen atoms in total. The van der Waals surface area contributed by atoms with Gasteiger partial charge in [-0.1, -0.05) is 20.8 Å². The van der Waals surface area contributed by atoms with Crippen molar-refractivity contribution >= 4 is 0 Å². The molecule has 3 unspecified atom stereocenters. The summed E-state index contributed by atoms with van der Waals surface area (Å²) in [5.41, 5.74) is 0. The van der Waals surface area contributed by atoms with Crippen LogP contribution in [-0.2, 0) is 0 Å². The third kappa shape index (κ3) is 2.73. The lowest BCUT2D eigenvalue weighted by Crippen LogP contribution is -2.55. The largest absolute Gasteiger partial charge is 0.311 e. The number of hydrogen-bond donors (Lipinski definition) is 1. The third-order valence-corrected chi connectivity index (χ3v) is 4.23. The quantitative estimate of drug-likeness (QED) is 0.751. The zero-order valence-electron chi connectivity index (χ0n) is 10.5.